The Bertz CT molecular complexity index is 817. The Hall–Kier alpha value is -2.73. The lowest BCUT2D eigenvalue weighted by atomic mass is 10.1. The van der Waals surface area contributed by atoms with Crippen LogP contribution in [0.4, 0.5) is 5.82 Å². The number of pyridine rings is 1. The number of aromatic nitrogens is 3. The second kappa shape index (κ2) is 7.44. The van der Waals surface area contributed by atoms with Gasteiger partial charge in [0.1, 0.15) is 17.3 Å². The van der Waals surface area contributed by atoms with E-state index in [-0.39, 0.29) is 0 Å². The van der Waals surface area contributed by atoms with Crippen molar-refractivity contribution in [1.29, 1.82) is 0 Å². The normalized spacial score (nSPS) is 13.9. The average Bonchev–Trinajstić information content (AvgIpc) is 3.05. The van der Waals surface area contributed by atoms with Crippen molar-refractivity contribution in [1.82, 2.24) is 20.3 Å². The van der Waals surface area contributed by atoms with Crippen LogP contribution >= 0.6 is 0 Å². The summed E-state index contributed by atoms with van der Waals surface area (Å²) in [6.45, 7) is 2.66. The molecular formula is C19H21N5O. The molecule has 6 nitrogen and oxygen atoms in total. The van der Waals surface area contributed by atoms with Crippen molar-refractivity contribution < 1.29 is 4.42 Å². The smallest absolute Gasteiger partial charge is 0.180 e. The largest absolute Gasteiger partial charge is 0.469 e. The molecule has 0 saturated heterocycles. The first kappa shape index (κ1) is 15.8. The molecule has 0 aromatic carbocycles. The highest BCUT2D eigenvalue weighted by Crippen LogP contribution is 2.23. The predicted octanol–water partition coefficient (Wildman–Crippen LogP) is 2.47. The van der Waals surface area contributed by atoms with Gasteiger partial charge >= 0.3 is 0 Å². The molecule has 0 unspecified atom stereocenters. The van der Waals surface area contributed by atoms with Crippen LogP contribution in [0.2, 0.25) is 0 Å². The summed E-state index contributed by atoms with van der Waals surface area (Å²) >= 11 is 0. The van der Waals surface area contributed by atoms with Crippen LogP contribution in [0.5, 0.6) is 0 Å². The molecule has 2 N–H and O–H groups in total. The summed E-state index contributed by atoms with van der Waals surface area (Å²) in [5.41, 5.74) is 3.13. The van der Waals surface area contributed by atoms with Gasteiger partial charge in [0.25, 0.3) is 0 Å². The third-order valence-corrected chi connectivity index (χ3v) is 4.32. The van der Waals surface area contributed by atoms with Crippen LogP contribution in [0, 0.1) is 0 Å². The number of hydrogen-bond donors (Lipinski definition) is 2. The van der Waals surface area contributed by atoms with Gasteiger partial charge in [-0.15, -0.1) is 0 Å². The molecule has 0 radical (unpaired) electrons. The van der Waals surface area contributed by atoms with Gasteiger partial charge in [-0.05, 0) is 37.2 Å². The summed E-state index contributed by atoms with van der Waals surface area (Å²) in [5, 5.41) is 6.92. The lowest BCUT2D eigenvalue weighted by Gasteiger charge is -2.14. The molecule has 3 aromatic rings. The quantitative estimate of drug-likeness (QED) is 0.746. The van der Waals surface area contributed by atoms with Crippen molar-refractivity contribution in [3.8, 4) is 11.5 Å². The van der Waals surface area contributed by atoms with Crippen LogP contribution in [0.3, 0.4) is 0 Å². The zero-order chi connectivity index (χ0) is 16.9. The van der Waals surface area contributed by atoms with Gasteiger partial charge in [0, 0.05) is 37.7 Å². The first-order chi connectivity index (χ1) is 12.4. The standard InChI is InChI=1S/C19H21N5O/c1-2-9-21-17(5-1)19-23-16-8-11-20-10-7-15(16)18(24-19)22-12-6-14-4-3-13-25-14/h1-5,9,13,20H,6-8,10-12H2,(H,22,23,24). The molecular weight excluding hydrogens is 314 g/mol. The van der Waals surface area contributed by atoms with Crippen LogP contribution < -0.4 is 10.6 Å². The van der Waals surface area contributed by atoms with E-state index in [2.05, 4.69) is 15.6 Å². The molecule has 0 atom stereocenters. The minimum Gasteiger partial charge on any atom is -0.469 e. The third kappa shape index (κ3) is 3.69. The number of nitrogens with one attached hydrogen (secondary N) is 2. The maximum absolute atomic E-state index is 5.40. The summed E-state index contributed by atoms with van der Waals surface area (Å²) in [7, 11) is 0. The van der Waals surface area contributed by atoms with Gasteiger partial charge in [0.15, 0.2) is 5.82 Å². The minimum atomic E-state index is 0.682. The summed E-state index contributed by atoms with van der Waals surface area (Å²) in [6, 6.07) is 9.72. The van der Waals surface area contributed by atoms with E-state index in [1.54, 1.807) is 12.5 Å². The number of rotatable bonds is 5. The molecule has 3 aromatic heterocycles. The Balaban J connectivity index is 1.63. The van der Waals surface area contributed by atoms with E-state index in [9.17, 15) is 0 Å². The Morgan fingerprint density at radius 3 is 2.88 bits per heavy atom. The van der Waals surface area contributed by atoms with Crippen molar-refractivity contribution in [2.24, 2.45) is 0 Å². The van der Waals surface area contributed by atoms with Crippen LogP contribution in [0.25, 0.3) is 11.5 Å². The molecule has 1 aliphatic rings. The number of furan rings is 1. The van der Waals surface area contributed by atoms with Gasteiger partial charge in [-0.3, -0.25) is 4.98 Å². The number of hydrogen-bond acceptors (Lipinski definition) is 6. The van der Waals surface area contributed by atoms with Gasteiger partial charge in [-0.1, -0.05) is 6.07 Å². The first-order valence-corrected chi connectivity index (χ1v) is 8.68. The Kier molecular flexibility index (Phi) is 4.70. The summed E-state index contributed by atoms with van der Waals surface area (Å²) in [6.07, 6.45) is 6.14. The average molecular weight is 335 g/mol. The maximum Gasteiger partial charge on any atom is 0.180 e. The Morgan fingerprint density at radius 1 is 1.08 bits per heavy atom. The topological polar surface area (TPSA) is 75.9 Å². The molecule has 4 rings (SSSR count). The van der Waals surface area contributed by atoms with E-state index in [1.807, 2.05) is 30.3 Å². The molecule has 128 valence electrons. The maximum atomic E-state index is 5.40. The molecule has 1 aliphatic heterocycles. The van der Waals surface area contributed by atoms with Gasteiger partial charge in [-0.2, -0.15) is 0 Å². The van der Waals surface area contributed by atoms with Crippen molar-refractivity contribution in [2.45, 2.75) is 19.3 Å². The van der Waals surface area contributed by atoms with Gasteiger partial charge < -0.3 is 15.1 Å². The minimum absolute atomic E-state index is 0.682. The van der Waals surface area contributed by atoms with Crippen molar-refractivity contribution in [2.75, 3.05) is 25.0 Å². The van der Waals surface area contributed by atoms with Gasteiger partial charge in [0.05, 0.1) is 12.0 Å². The van der Waals surface area contributed by atoms with Gasteiger partial charge in [-0.25, -0.2) is 9.97 Å². The molecule has 25 heavy (non-hydrogen) atoms. The second-order valence-corrected chi connectivity index (χ2v) is 6.04. The molecule has 0 bridgehead atoms. The van der Waals surface area contributed by atoms with Crippen LogP contribution in [0.1, 0.15) is 17.0 Å². The second-order valence-electron chi connectivity index (χ2n) is 6.04. The molecule has 6 heteroatoms. The van der Waals surface area contributed by atoms with Crippen LogP contribution in [-0.2, 0) is 19.3 Å². The van der Waals surface area contributed by atoms with Crippen molar-refractivity contribution in [3.05, 3.63) is 59.8 Å². The monoisotopic (exact) mass is 335 g/mol. The van der Waals surface area contributed by atoms with Gasteiger partial charge in [0.2, 0.25) is 0 Å². The van der Waals surface area contributed by atoms with E-state index in [4.69, 9.17) is 14.4 Å². The summed E-state index contributed by atoms with van der Waals surface area (Å²) in [4.78, 5) is 14.0. The third-order valence-electron chi connectivity index (χ3n) is 4.32. The SMILES string of the molecule is c1ccc(-c2nc3c(c(NCCc4ccco4)n2)CCNCC3)nc1. The van der Waals surface area contributed by atoms with Crippen LogP contribution in [-0.4, -0.2) is 34.6 Å². The number of fused-ring (bicyclic) bond motifs is 1. The number of anilines is 1. The molecule has 0 saturated carbocycles. The van der Waals surface area contributed by atoms with E-state index in [1.165, 1.54) is 5.56 Å². The highest BCUT2D eigenvalue weighted by atomic mass is 16.3. The fourth-order valence-corrected chi connectivity index (χ4v) is 3.06. The molecule has 4 heterocycles. The zero-order valence-electron chi connectivity index (χ0n) is 14.0. The van der Waals surface area contributed by atoms with E-state index in [0.29, 0.717) is 5.82 Å². The van der Waals surface area contributed by atoms with E-state index < -0.39 is 0 Å². The van der Waals surface area contributed by atoms with Crippen molar-refractivity contribution in [3.63, 3.8) is 0 Å². The predicted molar refractivity (Wildman–Crippen MR) is 96.4 cm³/mol. The Morgan fingerprint density at radius 2 is 2.04 bits per heavy atom. The zero-order valence-corrected chi connectivity index (χ0v) is 14.0. The molecule has 0 spiro atoms. The fraction of sp³-hybridized carbons (Fsp3) is 0.316. The Labute approximate surface area is 146 Å². The van der Waals surface area contributed by atoms with E-state index >= 15 is 0 Å². The van der Waals surface area contributed by atoms with E-state index in [0.717, 1.165) is 61.9 Å². The van der Waals surface area contributed by atoms with Crippen LogP contribution in [0.15, 0.2) is 47.2 Å². The summed E-state index contributed by atoms with van der Waals surface area (Å²) in [5.74, 6) is 2.57. The molecule has 0 amide bonds. The highest BCUT2D eigenvalue weighted by molar-refractivity contribution is 5.57. The first-order valence-electron chi connectivity index (χ1n) is 8.68. The lowest BCUT2D eigenvalue weighted by Crippen LogP contribution is -2.16. The fourth-order valence-electron chi connectivity index (χ4n) is 3.06. The highest BCUT2D eigenvalue weighted by Gasteiger charge is 2.17. The molecule has 0 aliphatic carbocycles. The lowest BCUT2D eigenvalue weighted by molar-refractivity contribution is 0.513. The van der Waals surface area contributed by atoms with Crippen molar-refractivity contribution >= 4 is 5.82 Å². The molecule has 0 fully saturated rings. The summed E-state index contributed by atoms with van der Waals surface area (Å²) < 4.78 is 5.40. The number of nitrogens with zero attached hydrogens (tertiary/aromatic N) is 3.